The zero-order chi connectivity index (χ0) is 17.4. The van der Waals surface area contributed by atoms with Crippen molar-refractivity contribution in [2.24, 2.45) is 5.73 Å². The van der Waals surface area contributed by atoms with Crippen LogP contribution in [-0.2, 0) is 6.42 Å². The molecule has 0 aliphatic carbocycles. The Kier molecular flexibility index (Phi) is 6.81. The highest BCUT2D eigenvalue weighted by Crippen LogP contribution is 2.16. The predicted octanol–water partition coefficient (Wildman–Crippen LogP) is 2.85. The van der Waals surface area contributed by atoms with Gasteiger partial charge in [-0.25, -0.2) is 4.98 Å². The van der Waals surface area contributed by atoms with Gasteiger partial charge in [0.05, 0.1) is 13.2 Å². The molecular weight excluding hydrogens is 306 g/mol. The molecule has 1 aromatic carbocycles. The zero-order valence-corrected chi connectivity index (χ0v) is 14.2. The Bertz CT molecular complexity index is 654. The van der Waals surface area contributed by atoms with Crippen molar-refractivity contribution >= 4 is 5.91 Å². The van der Waals surface area contributed by atoms with E-state index in [-0.39, 0.29) is 17.6 Å². The molecule has 6 nitrogen and oxygen atoms in total. The van der Waals surface area contributed by atoms with E-state index in [2.05, 4.69) is 17.2 Å². The summed E-state index contributed by atoms with van der Waals surface area (Å²) in [4.78, 5) is 16.3. The summed E-state index contributed by atoms with van der Waals surface area (Å²) in [5.74, 6) is 0.970. The van der Waals surface area contributed by atoms with Gasteiger partial charge >= 0.3 is 0 Å². The number of hydrogen-bond acceptors (Lipinski definition) is 5. The summed E-state index contributed by atoms with van der Waals surface area (Å²) in [5.41, 5.74) is 7.36. The van der Waals surface area contributed by atoms with E-state index in [1.807, 2.05) is 24.3 Å². The van der Waals surface area contributed by atoms with E-state index in [9.17, 15) is 4.79 Å². The fourth-order valence-corrected chi connectivity index (χ4v) is 2.35. The lowest BCUT2D eigenvalue weighted by molar-refractivity contribution is 0.0949. The average molecular weight is 331 g/mol. The largest absolute Gasteiger partial charge is 0.497 e. The molecule has 0 aliphatic heterocycles. The standard InChI is InChI=1S/C18H25N3O3/c1-3-4-8-15(19)18-21-16(12-24-18)17(22)20-10-9-13-6-5-7-14(11-13)23-2/h5-7,11-12,15H,3-4,8-10,19H2,1-2H3,(H,20,22). The number of nitrogens with one attached hydrogen (secondary N) is 1. The number of ether oxygens (including phenoxy) is 1. The van der Waals surface area contributed by atoms with E-state index in [4.69, 9.17) is 14.9 Å². The molecule has 1 amide bonds. The lowest BCUT2D eigenvalue weighted by atomic mass is 10.1. The van der Waals surface area contributed by atoms with Crippen LogP contribution in [0.4, 0.5) is 0 Å². The van der Waals surface area contributed by atoms with Gasteiger partial charge in [0.25, 0.3) is 5.91 Å². The number of aromatic nitrogens is 1. The quantitative estimate of drug-likeness (QED) is 0.737. The minimum atomic E-state index is -0.261. The molecule has 0 radical (unpaired) electrons. The fourth-order valence-electron chi connectivity index (χ4n) is 2.35. The van der Waals surface area contributed by atoms with Crippen LogP contribution in [0.2, 0.25) is 0 Å². The third-order valence-electron chi connectivity index (χ3n) is 3.77. The van der Waals surface area contributed by atoms with Crippen LogP contribution in [0.15, 0.2) is 34.9 Å². The minimum absolute atomic E-state index is 0.254. The Morgan fingerprint density at radius 1 is 1.46 bits per heavy atom. The average Bonchev–Trinajstić information content (AvgIpc) is 3.10. The van der Waals surface area contributed by atoms with Gasteiger partial charge in [-0.05, 0) is 30.5 Å². The molecule has 0 spiro atoms. The van der Waals surface area contributed by atoms with E-state index in [1.54, 1.807) is 7.11 Å². The fraction of sp³-hybridized carbons (Fsp3) is 0.444. The number of carbonyl (C=O) groups excluding carboxylic acids is 1. The molecule has 1 heterocycles. The second-order valence-electron chi connectivity index (χ2n) is 5.68. The predicted molar refractivity (Wildman–Crippen MR) is 92.0 cm³/mol. The van der Waals surface area contributed by atoms with Gasteiger partial charge in [-0.2, -0.15) is 0 Å². The normalized spacial score (nSPS) is 12.0. The van der Waals surface area contributed by atoms with Crippen molar-refractivity contribution in [3.05, 3.63) is 47.7 Å². The number of amides is 1. The summed E-state index contributed by atoms with van der Waals surface area (Å²) in [6.45, 7) is 2.61. The van der Waals surface area contributed by atoms with Crippen molar-refractivity contribution in [3.8, 4) is 5.75 Å². The topological polar surface area (TPSA) is 90.4 Å². The van der Waals surface area contributed by atoms with E-state index in [0.29, 0.717) is 18.9 Å². The maximum absolute atomic E-state index is 12.1. The van der Waals surface area contributed by atoms with E-state index < -0.39 is 0 Å². The van der Waals surface area contributed by atoms with Crippen molar-refractivity contribution in [1.29, 1.82) is 0 Å². The zero-order valence-electron chi connectivity index (χ0n) is 14.2. The summed E-state index contributed by atoms with van der Waals surface area (Å²) < 4.78 is 10.5. The van der Waals surface area contributed by atoms with Gasteiger partial charge in [-0.3, -0.25) is 4.79 Å². The molecule has 1 unspecified atom stereocenters. The summed E-state index contributed by atoms with van der Waals surface area (Å²) >= 11 is 0. The van der Waals surface area contributed by atoms with E-state index in [1.165, 1.54) is 6.26 Å². The number of carbonyl (C=O) groups is 1. The number of hydrogen-bond donors (Lipinski definition) is 2. The van der Waals surface area contributed by atoms with Crippen LogP contribution < -0.4 is 15.8 Å². The van der Waals surface area contributed by atoms with Crippen molar-refractivity contribution in [3.63, 3.8) is 0 Å². The van der Waals surface area contributed by atoms with Crippen LogP contribution in [0.1, 0.15) is 54.2 Å². The number of nitrogens with zero attached hydrogens (tertiary/aromatic N) is 1. The summed E-state index contributed by atoms with van der Waals surface area (Å²) in [7, 11) is 1.63. The van der Waals surface area contributed by atoms with Gasteiger partial charge in [-0.1, -0.05) is 31.9 Å². The van der Waals surface area contributed by atoms with Crippen LogP contribution in [0.5, 0.6) is 5.75 Å². The summed E-state index contributed by atoms with van der Waals surface area (Å²) in [6.07, 6.45) is 4.94. The lowest BCUT2D eigenvalue weighted by Crippen LogP contribution is -2.26. The number of unbranched alkanes of at least 4 members (excludes halogenated alkanes) is 1. The van der Waals surface area contributed by atoms with Gasteiger partial charge in [0.15, 0.2) is 5.69 Å². The van der Waals surface area contributed by atoms with E-state index in [0.717, 1.165) is 30.6 Å². The smallest absolute Gasteiger partial charge is 0.273 e. The molecule has 24 heavy (non-hydrogen) atoms. The molecule has 0 bridgehead atoms. The van der Waals surface area contributed by atoms with Crippen LogP contribution in [0.3, 0.4) is 0 Å². The first-order valence-corrected chi connectivity index (χ1v) is 8.26. The maximum Gasteiger partial charge on any atom is 0.273 e. The first kappa shape index (κ1) is 18.0. The molecule has 0 saturated heterocycles. The highest BCUT2D eigenvalue weighted by Gasteiger charge is 2.16. The minimum Gasteiger partial charge on any atom is -0.497 e. The number of benzene rings is 1. The monoisotopic (exact) mass is 331 g/mol. The van der Waals surface area contributed by atoms with Crippen molar-refractivity contribution in [1.82, 2.24) is 10.3 Å². The van der Waals surface area contributed by atoms with E-state index >= 15 is 0 Å². The van der Waals surface area contributed by atoms with Crippen molar-refractivity contribution in [2.45, 2.75) is 38.6 Å². The molecule has 1 atom stereocenters. The first-order valence-electron chi connectivity index (χ1n) is 8.26. The van der Waals surface area contributed by atoms with Gasteiger partial charge in [0, 0.05) is 6.54 Å². The van der Waals surface area contributed by atoms with Gasteiger partial charge in [0.1, 0.15) is 12.0 Å². The summed E-state index contributed by atoms with van der Waals surface area (Å²) in [6, 6.07) is 7.50. The Morgan fingerprint density at radius 2 is 2.29 bits per heavy atom. The van der Waals surface area contributed by atoms with Gasteiger partial charge in [-0.15, -0.1) is 0 Å². The Morgan fingerprint density at radius 3 is 3.04 bits per heavy atom. The van der Waals surface area contributed by atoms with Crippen molar-refractivity contribution < 1.29 is 13.9 Å². The number of methoxy groups -OCH3 is 1. The number of nitrogens with two attached hydrogens (primary N) is 1. The molecule has 0 saturated carbocycles. The van der Waals surface area contributed by atoms with Crippen LogP contribution in [0.25, 0.3) is 0 Å². The molecule has 3 N–H and O–H groups in total. The Balaban J connectivity index is 1.83. The number of oxazole rings is 1. The van der Waals surface area contributed by atoms with Crippen LogP contribution in [0, 0.1) is 0 Å². The summed E-state index contributed by atoms with van der Waals surface area (Å²) in [5, 5.41) is 2.84. The highest BCUT2D eigenvalue weighted by molar-refractivity contribution is 5.91. The SMILES string of the molecule is CCCCC(N)c1nc(C(=O)NCCc2cccc(OC)c2)co1. The van der Waals surface area contributed by atoms with Crippen LogP contribution >= 0.6 is 0 Å². The molecule has 1 aromatic heterocycles. The van der Waals surface area contributed by atoms with Gasteiger partial charge in [0.2, 0.25) is 5.89 Å². The maximum atomic E-state index is 12.1. The molecule has 130 valence electrons. The molecule has 0 aliphatic rings. The lowest BCUT2D eigenvalue weighted by Gasteiger charge is -2.06. The highest BCUT2D eigenvalue weighted by atomic mass is 16.5. The molecule has 2 aromatic rings. The Labute approximate surface area is 142 Å². The van der Waals surface area contributed by atoms with Crippen molar-refractivity contribution in [2.75, 3.05) is 13.7 Å². The molecule has 6 heteroatoms. The first-order chi connectivity index (χ1) is 11.6. The number of rotatable bonds is 9. The Hall–Kier alpha value is -2.34. The molecule has 0 fully saturated rings. The van der Waals surface area contributed by atoms with Gasteiger partial charge < -0.3 is 20.2 Å². The second-order valence-corrected chi connectivity index (χ2v) is 5.68. The second kappa shape index (κ2) is 9.08. The molecule has 2 rings (SSSR count). The van der Waals surface area contributed by atoms with Crippen LogP contribution in [-0.4, -0.2) is 24.5 Å². The third kappa shape index (κ3) is 5.09. The third-order valence-corrected chi connectivity index (χ3v) is 3.77. The molecular formula is C18H25N3O3.